The summed E-state index contributed by atoms with van der Waals surface area (Å²) in [7, 11) is 0. The summed E-state index contributed by atoms with van der Waals surface area (Å²) in [6, 6.07) is 14.9. The molecule has 4 heteroatoms. The van der Waals surface area contributed by atoms with Crippen LogP contribution in [0.4, 0.5) is 4.39 Å². The molecule has 0 N–H and O–H groups in total. The molecular weight excluding hydrogens is 279 g/mol. The topological polar surface area (TPSA) is 27.1 Å². The Morgan fingerprint density at radius 3 is 2.77 bits per heavy atom. The second-order valence-corrected chi connectivity index (χ2v) is 5.64. The second kappa shape index (κ2) is 5.54. The summed E-state index contributed by atoms with van der Waals surface area (Å²) in [5.41, 5.74) is 2.63. The molecule has 1 atom stereocenters. The van der Waals surface area contributed by atoms with Crippen LogP contribution in [0, 0.1) is 5.82 Å². The van der Waals surface area contributed by atoms with Crippen molar-refractivity contribution in [3.63, 3.8) is 0 Å². The molecule has 1 aliphatic heterocycles. The molecule has 0 aliphatic carbocycles. The van der Waals surface area contributed by atoms with Crippen LogP contribution < -0.4 is 0 Å². The van der Waals surface area contributed by atoms with E-state index in [1.807, 2.05) is 36.4 Å². The minimum Gasteiger partial charge on any atom is -0.370 e. The van der Waals surface area contributed by atoms with E-state index in [1.54, 1.807) is 6.07 Å². The van der Waals surface area contributed by atoms with E-state index < -0.39 is 0 Å². The minimum absolute atomic E-state index is 0.0131. The molecule has 2 aromatic carbocycles. The molecule has 1 aliphatic rings. The van der Waals surface area contributed by atoms with Crippen LogP contribution in [-0.2, 0) is 11.3 Å². The summed E-state index contributed by atoms with van der Waals surface area (Å²) in [5.74, 6) is 0.723. The Kier molecular flexibility index (Phi) is 3.39. The summed E-state index contributed by atoms with van der Waals surface area (Å²) in [5, 5.41) is 0. The molecule has 22 heavy (non-hydrogen) atoms. The maximum absolute atomic E-state index is 14.0. The number of para-hydroxylation sites is 2. The number of aromatic nitrogens is 2. The van der Waals surface area contributed by atoms with Gasteiger partial charge in [-0.2, -0.15) is 0 Å². The lowest BCUT2D eigenvalue weighted by Crippen LogP contribution is -2.10. The van der Waals surface area contributed by atoms with Gasteiger partial charge in [0.2, 0.25) is 0 Å². The van der Waals surface area contributed by atoms with Crippen molar-refractivity contribution in [2.75, 3.05) is 6.61 Å². The molecule has 0 spiro atoms. The largest absolute Gasteiger partial charge is 0.370 e. The van der Waals surface area contributed by atoms with E-state index in [9.17, 15) is 4.39 Å². The van der Waals surface area contributed by atoms with Crippen molar-refractivity contribution >= 4 is 11.0 Å². The van der Waals surface area contributed by atoms with E-state index in [1.165, 1.54) is 6.07 Å². The van der Waals surface area contributed by atoms with Crippen molar-refractivity contribution in [1.29, 1.82) is 0 Å². The third-order valence-corrected chi connectivity index (χ3v) is 4.19. The van der Waals surface area contributed by atoms with Gasteiger partial charge in [0.05, 0.1) is 17.6 Å². The molecule has 0 bridgehead atoms. The zero-order valence-electron chi connectivity index (χ0n) is 12.2. The average molecular weight is 296 g/mol. The molecule has 0 radical (unpaired) electrons. The summed E-state index contributed by atoms with van der Waals surface area (Å²) in [6.07, 6.45) is 2.04. The van der Waals surface area contributed by atoms with Gasteiger partial charge in [0.15, 0.2) is 0 Å². The van der Waals surface area contributed by atoms with Crippen LogP contribution >= 0.6 is 0 Å². The molecule has 4 rings (SSSR count). The Labute approximate surface area is 128 Å². The quantitative estimate of drug-likeness (QED) is 0.728. The number of benzene rings is 2. The Morgan fingerprint density at radius 2 is 1.95 bits per heavy atom. The number of hydrogen-bond donors (Lipinski definition) is 0. The van der Waals surface area contributed by atoms with Crippen molar-refractivity contribution in [2.45, 2.75) is 25.5 Å². The van der Waals surface area contributed by atoms with E-state index in [4.69, 9.17) is 9.72 Å². The molecular formula is C18H17FN2O. The number of imidazole rings is 1. The number of ether oxygens (including phenoxy) is 1. The smallest absolute Gasteiger partial charge is 0.139 e. The van der Waals surface area contributed by atoms with Gasteiger partial charge in [-0.25, -0.2) is 9.37 Å². The van der Waals surface area contributed by atoms with Gasteiger partial charge in [0.25, 0.3) is 0 Å². The van der Waals surface area contributed by atoms with Crippen molar-refractivity contribution in [3.05, 3.63) is 65.7 Å². The van der Waals surface area contributed by atoms with E-state index in [0.29, 0.717) is 12.1 Å². The van der Waals surface area contributed by atoms with E-state index in [-0.39, 0.29) is 11.9 Å². The third-order valence-electron chi connectivity index (χ3n) is 4.19. The average Bonchev–Trinajstić information content (AvgIpc) is 3.17. The number of rotatable bonds is 3. The van der Waals surface area contributed by atoms with Crippen molar-refractivity contribution in [1.82, 2.24) is 9.55 Å². The number of fused-ring (bicyclic) bond motifs is 1. The zero-order chi connectivity index (χ0) is 14.9. The minimum atomic E-state index is -0.182. The van der Waals surface area contributed by atoms with Gasteiger partial charge in [0, 0.05) is 12.2 Å². The molecule has 0 saturated carbocycles. The Bertz CT molecular complexity index is 806. The highest BCUT2D eigenvalue weighted by molar-refractivity contribution is 5.76. The van der Waals surface area contributed by atoms with Crippen LogP contribution in [0.2, 0.25) is 0 Å². The standard InChI is InChI=1S/C18H17FN2O/c19-14-7-2-1-6-13(14)12-21-16-9-4-3-8-15(16)20-18(21)17-10-5-11-22-17/h1-4,6-9,17H,5,10-12H2/t17-/m0/s1. The Morgan fingerprint density at radius 1 is 1.14 bits per heavy atom. The lowest BCUT2D eigenvalue weighted by Gasteiger charge is -2.14. The van der Waals surface area contributed by atoms with Crippen molar-refractivity contribution in [3.8, 4) is 0 Å². The van der Waals surface area contributed by atoms with Crippen LogP contribution in [0.15, 0.2) is 48.5 Å². The lowest BCUT2D eigenvalue weighted by atomic mass is 10.2. The summed E-state index contributed by atoms with van der Waals surface area (Å²) in [6.45, 7) is 1.25. The van der Waals surface area contributed by atoms with E-state index >= 15 is 0 Å². The monoisotopic (exact) mass is 296 g/mol. The summed E-state index contributed by atoms with van der Waals surface area (Å²) < 4.78 is 21.9. The predicted octanol–water partition coefficient (Wildman–Crippen LogP) is 4.08. The molecule has 0 unspecified atom stereocenters. The SMILES string of the molecule is Fc1ccccc1Cn1c([C@@H]2CCCO2)nc2ccccc21. The summed E-state index contributed by atoms with van der Waals surface area (Å²) in [4.78, 5) is 4.74. The highest BCUT2D eigenvalue weighted by atomic mass is 19.1. The first kappa shape index (κ1) is 13.5. The molecule has 3 aromatic rings. The highest BCUT2D eigenvalue weighted by Crippen LogP contribution is 2.31. The molecule has 1 saturated heterocycles. The Balaban J connectivity index is 1.83. The fourth-order valence-corrected chi connectivity index (χ4v) is 3.08. The van der Waals surface area contributed by atoms with Gasteiger partial charge >= 0.3 is 0 Å². The Hall–Kier alpha value is -2.20. The van der Waals surface area contributed by atoms with Gasteiger partial charge in [0.1, 0.15) is 17.7 Å². The molecule has 3 nitrogen and oxygen atoms in total. The summed E-state index contributed by atoms with van der Waals surface area (Å²) >= 11 is 0. The molecule has 1 aromatic heterocycles. The molecule has 1 fully saturated rings. The zero-order valence-corrected chi connectivity index (χ0v) is 12.2. The first-order chi connectivity index (χ1) is 10.8. The fraction of sp³-hybridized carbons (Fsp3) is 0.278. The molecule has 0 amide bonds. The maximum Gasteiger partial charge on any atom is 0.139 e. The molecule has 112 valence electrons. The number of hydrogen-bond acceptors (Lipinski definition) is 2. The van der Waals surface area contributed by atoms with Crippen molar-refractivity contribution < 1.29 is 9.13 Å². The van der Waals surface area contributed by atoms with Gasteiger partial charge in [-0.05, 0) is 31.0 Å². The molecule has 2 heterocycles. The van der Waals surface area contributed by atoms with Crippen LogP contribution in [-0.4, -0.2) is 16.2 Å². The van der Waals surface area contributed by atoms with Crippen LogP contribution in [0.1, 0.15) is 30.3 Å². The first-order valence-corrected chi connectivity index (χ1v) is 7.63. The van der Waals surface area contributed by atoms with E-state index in [2.05, 4.69) is 4.57 Å². The number of halogens is 1. The predicted molar refractivity (Wildman–Crippen MR) is 83.2 cm³/mol. The van der Waals surface area contributed by atoms with Crippen LogP contribution in [0.5, 0.6) is 0 Å². The highest BCUT2D eigenvalue weighted by Gasteiger charge is 2.24. The second-order valence-electron chi connectivity index (χ2n) is 5.64. The van der Waals surface area contributed by atoms with Gasteiger partial charge in [-0.3, -0.25) is 0 Å². The normalized spacial score (nSPS) is 18.1. The van der Waals surface area contributed by atoms with Crippen molar-refractivity contribution in [2.24, 2.45) is 0 Å². The first-order valence-electron chi connectivity index (χ1n) is 7.63. The van der Waals surface area contributed by atoms with Gasteiger partial charge in [-0.15, -0.1) is 0 Å². The third kappa shape index (κ3) is 2.29. The number of nitrogens with zero attached hydrogens (tertiary/aromatic N) is 2. The van der Waals surface area contributed by atoms with Crippen LogP contribution in [0.3, 0.4) is 0 Å². The van der Waals surface area contributed by atoms with Gasteiger partial charge in [-0.1, -0.05) is 30.3 Å². The van der Waals surface area contributed by atoms with Gasteiger partial charge < -0.3 is 9.30 Å². The lowest BCUT2D eigenvalue weighted by molar-refractivity contribution is 0.103. The fourth-order valence-electron chi connectivity index (χ4n) is 3.08. The van der Waals surface area contributed by atoms with Crippen LogP contribution in [0.25, 0.3) is 11.0 Å². The maximum atomic E-state index is 14.0. The van der Waals surface area contributed by atoms with E-state index in [0.717, 1.165) is 36.3 Å².